The minimum Gasteiger partial charge on any atom is -0.393 e. The van der Waals surface area contributed by atoms with Gasteiger partial charge in [-0.3, -0.25) is 9.59 Å². The molecule has 1 spiro atoms. The summed E-state index contributed by atoms with van der Waals surface area (Å²) >= 11 is 0. The van der Waals surface area contributed by atoms with Crippen LogP contribution in [0.1, 0.15) is 85.0 Å². The Bertz CT molecular complexity index is 867. The molecule has 5 aliphatic rings. The molecule has 0 aromatic carbocycles. The van der Waals surface area contributed by atoms with Crippen molar-refractivity contribution in [1.82, 2.24) is 0 Å². The van der Waals surface area contributed by atoms with Gasteiger partial charge in [-0.1, -0.05) is 32.8 Å². The van der Waals surface area contributed by atoms with Crippen LogP contribution in [0.25, 0.3) is 0 Å². The largest absolute Gasteiger partial charge is 0.393 e. The number of aliphatic hydroxyl groups is 1. The predicted octanol–water partition coefficient (Wildman–Crippen LogP) is 4.33. The molecule has 1 aliphatic heterocycles. The van der Waals surface area contributed by atoms with Crippen LogP contribution in [0.4, 0.5) is 0 Å². The molecule has 33 heavy (non-hydrogen) atoms. The second-order valence-corrected chi connectivity index (χ2v) is 11.7. The molecule has 184 valence electrons. The number of methoxy groups -OCH3 is 1. The predicted molar refractivity (Wildman–Crippen MR) is 122 cm³/mol. The van der Waals surface area contributed by atoms with Crippen LogP contribution >= 0.6 is 0 Å². The molecule has 6 nitrogen and oxygen atoms in total. The molecule has 5 rings (SSSR count). The standard InChI is InChI=1S/C27H40O6/c1-5-6-11-27(31-4)32-16-22(30)26(33-27)13-10-20-19-8-7-17-14-18(28)9-12-24(17,2)23(19)21(29)15-25(20,26)3/h14,19-21,23,29H,5-13,15-16H2,1-4H3/t19-,20-,21-,23+,24-,25-,26-,27?/m0/s1. The maximum absolute atomic E-state index is 13.5. The number of ketones is 2. The molecule has 1 heterocycles. The number of carbonyl (C=O) groups is 2. The molecule has 1 N–H and O–H groups in total. The van der Waals surface area contributed by atoms with E-state index in [-0.39, 0.29) is 29.5 Å². The summed E-state index contributed by atoms with van der Waals surface area (Å²) in [7, 11) is 1.60. The van der Waals surface area contributed by atoms with Crippen molar-refractivity contribution < 1.29 is 28.9 Å². The Labute approximate surface area is 197 Å². The fourth-order valence-corrected chi connectivity index (χ4v) is 8.66. The Morgan fingerprint density at radius 1 is 1.18 bits per heavy atom. The van der Waals surface area contributed by atoms with Crippen molar-refractivity contribution in [1.29, 1.82) is 0 Å². The molecular weight excluding hydrogens is 420 g/mol. The van der Waals surface area contributed by atoms with Crippen molar-refractivity contribution in [2.75, 3.05) is 13.7 Å². The van der Waals surface area contributed by atoms with Crippen molar-refractivity contribution in [3.05, 3.63) is 11.6 Å². The number of hydrogen-bond acceptors (Lipinski definition) is 6. The molecule has 8 atom stereocenters. The monoisotopic (exact) mass is 460 g/mol. The highest BCUT2D eigenvalue weighted by atomic mass is 16.9. The minimum absolute atomic E-state index is 0.00321. The molecule has 1 saturated heterocycles. The lowest BCUT2D eigenvalue weighted by Crippen LogP contribution is -2.67. The fraction of sp³-hybridized carbons (Fsp3) is 0.852. The van der Waals surface area contributed by atoms with E-state index < -0.39 is 23.1 Å². The summed E-state index contributed by atoms with van der Waals surface area (Å²) in [5, 5.41) is 11.7. The van der Waals surface area contributed by atoms with Gasteiger partial charge in [0.25, 0.3) is 5.97 Å². The molecule has 3 saturated carbocycles. The van der Waals surface area contributed by atoms with Crippen LogP contribution in [-0.4, -0.2) is 48.1 Å². The molecule has 0 aromatic rings. The first kappa shape index (κ1) is 23.7. The number of ether oxygens (including phenoxy) is 3. The van der Waals surface area contributed by atoms with Crippen LogP contribution in [0.2, 0.25) is 0 Å². The zero-order valence-corrected chi connectivity index (χ0v) is 20.7. The number of Topliss-reactive ketones (excluding diaryl/α,β-unsaturated/α-hetero) is 1. The van der Waals surface area contributed by atoms with Gasteiger partial charge >= 0.3 is 0 Å². The molecule has 0 amide bonds. The fourth-order valence-electron chi connectivity index (χ4n) is 8.66. The van der Waals surface area contributed by atoms with E-state index in [2.05, 4.69) is 20.8 Å². The minimum atomic E-state index is -1.19. The van der Waals surface area contributed by atoms with Gasteiger partial charge in [0.2, 0.25) is 0 Å². The Kier molecular flexibility index (Phi) is 5.71. The van der Waals surface area contributed by atoms with E-state index in [9.17, 15) is 14.7 Å². The topological polar surface area (TPSA) is 82.1 Å². The molecule has 0 bridgehead atoms. The highest BCUT2D eigenvalue weighted by Crippen LogP contribution is 2.69. The van der Waals surface area contributed by atoms with Crippen LogP contribution in [0.3, 0.4) is 0 Å². The van der Waals surface area contributed by atoms with Gasteiger partial charge in [-0.2, -0.15) is 0 Å². The highest BCUT2D eigenvalue weighted by molar-refractivity contribution is 5.92. The molecule has 0 radical (unpaired) electrons. The summed E-state index contributed by atoms with van der Waals surface area (Å²) in [6.07, 6.45) is 9.15. The van der Waals surface area contributed by atoms with Crippen LogP contribution in [0.15, 0.2) is 11.6 Å². The van der Waals surface area contributed by atoms with Gasteiger partial charge in [0.15, 0.2) is 11.6 Å². The second kappa shape index (κ2) is 7.97. The van der Waals surface area contributed by atoms with E-state index in [4.69, 9.17) is 14.2 Å². The summed E-state index contributed by atoms with van der Waals surface area (Å²) in [6.45, 7) is 6.54. The third-order valence-corrected chi connectivity index (χ3v) is 10.4. The zero-order chi connectivity index (χ0) is 23.6. The first-order chi connectivity index (χ1) is 15.6. The van der Waals surface area contributed by atoms with Gasteiger partial charge in [-0.25, -0.2) is 0 Å². The van der Waals surface area contributed by atoms with Crippen LogP contribution in [0, 0.1) is 28.6 Å². The maximum atomic E-state index is 13.5. The van der Waals surface area contributed by atoms with Gasteiger partial charge in [-0.05, 0) is 74.2 Å². The smallest absolute Gasteiger partial charge is 0.284 e. The van der Waals surface area contributed by atoms with Gasteiger partial charge in [0.1, 0.15) is 12.2 Å². The van der Waals surface area contributed by atoms with Crippen molar-refractivity contribution in [2.45, 2.75) is 103 Å². The van der Waals surface area contributed by atoms with Crippen LogP contribution < -0.4 is 0 Å². The van der Waals surface area contributed by atoms with Gasteiger partial charge in [0.05, 0.1) is 6.10 Å². The Hall–Kier alpha value is -1.08. The summed E-state index contributed by atoms with van der Waals surface area (Å²) in [5.74, 6) is -0.235. The number of hydrogen-bond donors (Lipinski definition) is 1. The van der Waals surface area contributed by atoms with Crippen molar-refractivity contribution in [2.24, 2.45) is 28.6 Å². The van der Waals surface area contributed by atoms with Crippen LogP contribution in [-0.2, 0) is 23.8 Å². The summed E-state index contributed by atoms with van der Waals surface area (Å²) in [5.41, 5.74) is -0.352. The van der Waals surface area contributed by atoms with Crippen molar-refractivity contribution >= 4 is 11.6 Å². The van der Waals surface area contributed by atoms with E-state index in [1.165, 1.54) is 5.57 Å². The number of fused-ring (bicyclic) bond motifs is 6. The molecular formula is C27H40O6. The first-order valence-electron chi connectivity index (χ1n) is 13.0. The van der Waals surface area contributed by atoms with Gasteiger partial charge < -0.3 is 19.3 Å². The van der Waals surface area contributed by atoms with E-state index in [1.807, 2.05) is 6.08 Å². The van der Waals surface area contributed by atoms with E-state index >= 15 is 0 Å². The Morgan fingerprint density at radius 3 is 2.70 bits per heavy atom. The molecule has 6 heteroatoms. The molecule has 1 unspecified atom stereocenters. The van der Waals surface area contributed by atoms with Crippen LogP contribution in [0.5, 0.6) is 0 Å². The number of allylic oxidation sites excluding steroid dienone is 1. The zero-order valence-electron chi connectivity index (χ0n) is 20.7. The number of rotatable bonds is 4. The quantitative estimate of drug-likeness (QED) is 0.672. The van der Waals surface area contributed by atoms with Gasteiger partial charge in [-0.15, -0.1) is 0 Å². The normalized spacial score (nSPS) is 49.4. The number of carbonyl (C=O) groups excluding carboxylic acids is 2. The molecule has 0 aromatic heterocycles. The molecule has 4 aliphatic carbocycles. The second-order valence-electron chi connectivity index (χ2n) is 11.7. The Balaban J connectivity index is 1.50. The van der Waals surface area contributed by atoms with E-state index in [0.29, 0.717) is 37.5 Å². The highest BCUT2D eigenvalue weighted by Gasteiger charge is 2.72. The summed E-state index contributed by atoms with van der Waals surface area (Å²) < 4.78 is 18.3. The third kappa shape index (κ3) is 3.20. The lowest BCUT2D eigenvalue weighted by Gasteiger charge is -2.62. The SMILES string of the molecule is CCCCC1(OC)OCC(=O)[C@]2(CC[C@H]3[C@@H]4CCC5=CC(=O)CC[C@]5(C)[C@H]4[C@@H](O)C[C@@]32C)O1. The average molecular weight is 461 g/mol. The number of unbranched alkanes of at least 4 members (excludes halogenated alkanes) is 1. The maximum Gasteiger partial charge on any atom is 0.284 e. The van der Waals surface area contributed by atoms with E-state index in [1.54, 1.807) is 7.11 Å². The summed E-state index contributed by atoms with van der Waals surface area (Å²) in [4.78, 5) is 25.6. The third-order valence-electron chi connectivity index (χ3n) is 10.4. The van der Waals surface area contributed by atoms with Crippen molar-refractivity contribution in [3.63, 3.8) is 0 Å². The Morgan fingerprint density at radius 2 is 1.97 bits per heavy atom. The van der Waals surface area contributed by atoms with Crippen molar-refractivity contribution in [3.8, 4) is 0 Å². The average Bonchev–Trinajstić information content (AvgIpc) is 3.07. The first-order valence-corrected chi connectivity index (χ1v) is 13.0. The van der Waals surface area contributed by atoms with E-state index in [0.717, 1.165) is 38.5 Å². The van der Waals surface area contributed by atoms with Gasteiger partial charge in [0, 0.05) is 25.4 Å². The lowest BCUT2D eigenvalue weighted by atomic mass is 9.45. The number of aliphatic hydroxyl groups excluding tert-OH is 1. The lowest BCUT2D eigenvalue weighted by molar-refractivity contribution is -0.426. The summed E-state index contributed by atoms with van der Waals surface area (Å²) in [6, 6.07) is 0. The molecule has 4 fully saturated rings.